The number of carbonyl (C=O) groups is 1. The topological polar surface area (TPSA) is 162 Å². The van der Waals surface area contributed by atoms with E-state index in [0.717, 1.165) is 43.0 Å². The number of aromatic carboxylic acids is 1. The van der Waals surface area contributed by atoms with E-state index >= 15 is 0 Å². The second-order valence-corrected chi connectivity index (χ2v) is 8.96. The fraction of sp³-hybridized carbons (Fsp3) is 0.320. The lowest BCUT2D eigenvalue weighted by Gasteiger charge is -2.36. The van der Waals surface area contributed by atoms with E-state index in [-0.39, 0.29) is 22.5 Å². The lowest BCUT2D eigenvalue weighted by atomic mass is 10.2. The van der Waals surface area contributed by atoms with E-state index in [9.17, 15) is 24.5 Å². The molecule has 1 aromatic carbocycles. The van der Waals surface area contributed by atoms with Gasteiger partial charge in [-0.05, 0) is 24.3 Å². The molecule has 14 nitrogen and oxygen atoms in total. The van der Waals surface area contributed by atoms with Crippen LogP contribution in [0.3, 0.4) is 0 Å². The number of carboxylic acid groups (broad SMARTS) is 1. The molecule has 0 saturated carbocycles. The molecule has 0 aliphatic carbocycles. The summed E-state index contributed by atoms with van der Waals surface area (Å²) in [5.41, 5.74) is 1.39. The summed E-state index contributed by atoms with van der Waals surface area (Å²) >= 11 is 0. The van der Waals surface area contributed by atoms with Gasteiger partial charge in [0.15, 0.2) is 11.2 Å². The van der Waals surface area contributed by atoms with Gasteiger partial charge in [-0.3, -0.25) is 33.9 Å². The molecular weight excluding hydrogens is 508 g/mol. The molecule has 1 saturated heterocycles. The minimum Gasteiger partial charge on any atom is -0.478 e. The quantitative estimate of drug-likeness (QED) is 0.277. The van der Waals surface area contributed by atoms with Crippen molar-refractivity contribution in [3.63, 3.8) is 0 Å². The van der Waals surface area contributed by atoms with Crippen molar-refractivity contribution in [1.82, 2.24) is 28.6 Å². The van der Waals surface area contributed by atoms with Gasteiger partial charge in [0, 0.05) is 83.6 Å². The highest BCUT2D eigenvalue weighted by molar-refractivity contribution is 5.86. The van der Waals surface area contributed by atoms with E-state index in [1.807, 2.05) is 0 Å². The van der Waals surface area contributed by atoms with E-state index in [2.05, 4.69) is 19.8 Å². The van der Waals surface area contributed by atoms with Gasteiger partial charge in [0.05, 0.1) is 16.8 Å². The zero-order valence-electron chi connectivity index (χ0n) is 21.5. The van der Waals surface area contributed by atoms with Crippen molar-refractivity contribution in [2.45, 2.75) is 6.54 Å². The molecule has 5 rings (SSSR count). The van der Waals surface area contributed by atoms with E-state index < -0.39 is 10.9 Å². The number of hydrogen-bond acceptors (Lipinski definition) is 9. The number of aryl methyl sites for hydroxylation is 1. The number of carboxylic acids is 1. The summed E-state index contributed by atoms with van der Waals surface area (Å²) in [5, 5.41) is 19.1. The Morgan fingerprint density at radius 1 is 1.03 bits per heavy atom. The van der Waals surface area contributed by atoms with Crippen LogP contribution in [0.2, 0.25) is 0 Å². The molecule has 0 unspecified atom stereocenters. The SMILES string of the molecule is Cn1c(=O)c2c(ncn2CCN2CCN(c3ccc([N+](=O)[O-])cc3)CC2)n(C)c1=O.O=C(O)c1cccnc1. The summed E-state index contributed by atoms with van der Waals surface area (Å²) in [6.07, 6.45) is 4.45. The third kappa shape index (κ3) is 6.01. The summed E-state index contributed by atoms with van der Waals surface area (Å²) in [4.78, 5) is 57.5. The number of rotatable bonds is 6. The fourth-order valence-electron chi connectivity index (χ4n) is 4.32. The standard InChI is InChI=1S/C19H23N7O4.C6H5NO2/c1-21-17-16(18(27)22(2)19(21)28)25(13-20-17)12-9-23-7-10-24(11-8-23)14-3-5-15(6-4-14)26(29)30;8-6(9)5-2-1-3-7-4-5/h3-6,13H,7-12H2,1-2H3;1-4H,(H,8,9). The number of fused-ring (bicyclic) bond motifs is 1. The molecule has 4 heterocycles. The Bertz CT molecular complexity index is 1590. The van der Waals surface area contributed by atoms with Gasteiger partial charge in [-0.15, -0.1) is 0 Å². The molecule has 0 spiro atoms. The van der Waals surface area contributed by atoms with Crippen molar-refractivity contribution >= 4 is 28.5 Å². The molecule has 39 heavy (non-hydrogen) atoms. The van der Waals surface area contributed by atoms with Crippen molar-refractivity contribution in [3.05, 3.63) is 91.6 Å². The molecule has 0 atom stereocenters. The Morgan fingerprint density at radius 2 is 1.72 bits per heavy atom. The maximum atomic E-state index is 12.5. The maximum absolute atomic E-state index is 12.5. The fourth-order valence-corrected chi connectivity index (χ4v) is 4.32. The Hall–Kier alpha value is -4.85. The number of non-ortho nitro benzene ring substituents is 1. The number of hydrogen-bond donors (Lipinski definition) is 1. The second kappa shape index (κ2) is 11.7. The number of imidazole rings is 1. The minimum absolute atomic E-state index is 0.0913. The summed E-state index contributed by atoms with van der Waals surface area (Å²) in [5.74, 6) is -0.942. The first-order chi connectivity index (χ1) is 18.7. The molecule has 3 aromatic heterocycles. The van der Waals surface area contributed by atoms with Gasteiger partial charge in [0.1, 0.15) is 0 Å². The summed E-state index contributed by atoms with van der Waals surface area (Å²) in [6.45, 7) is 4.69. The summed E-state index contributed by atoms with van der Waals surface area (Å²) in [6, 6.07) is 9.70. The zero-order chi connectivity index (χ0) is 28.1. The third-order valence-electron chi connectivity index (χ3n) is 6.58. The molecule has 1 aliphatic heterocycles. The lowest BCUT2D eigenvalue weighted by molar-refractivity contribution is -0.384. The van der Waals surface area contributed by atoms with Crippen molar-refractivity contribution in [2.24, 2.45) is 14.1 Å². The van der Waals surface area contributed by atoms with Gasteiger partial charge in [0.2, 0.25) is 0 Å². The van der Waals surface area contributed by atoms with Crippen LogP contribution in [-0.2, 0) is 20.6 Å². The van der Waals surface area contributed by atoms with Crippen molar-refractivity contribution in [1.29, 1.82) is 0 Å². The van der Waals surface area contributed by atoms with Crippen LogP contribution in [0, 0.1) is 10.1 Å². The van der Waals surface area contributed by atoms with E-state index in [1.54, 1.807) is 36.1 Å². The molecule has 1 fully saturated rings. The molecule has 14 heteroatoms. The van der Waals surface area contributed by atoms with Gasteiger partial charge < -0.3 is 14.6 Å². The average Bonchev–Trinajstić information content (AvgIpc) is 3.39. The van der Waals surface area contributed by atoms with Crippen LogP contribution >= 0.6 is 0 Å². The van der Waals surface area contributed by atoms with Crippen LogP contribution in [0.15, 0.2) is 64.7 Å². The first-order valence-electron chi connectivity index (χ1n) is 12.1. The van der Waals surface area contributed by atoms with Crippen molar-refractivity contribution in [2.75, 3.05) is 37.6 Å². The molecule has 0 bridgehead atoms. The number of benzene rings is 1. The number of nitrogens with zero attached hydrogens (tertiary/aromatic N) is 8. The minimum atomic E-state index is -0.942. The largest absolute Gasteiger partial charge is 0.478 e. The predicted octanol–water partition coefficient (Wildman–Crippen LogP) is 0.944. The number of nitro benzene ring substituents is 1. The van der Waals surface area contributed by atoms with E-state index in [4.69, 9.17) is 5.11 Å². The van der Waals surface area contributed by atoms with Crippen LogP contribution in [0.1, 0.15) is 10.4 Å². The zero-order valence-corrected chi connectivity index (χ0v) is 21.5. The van der Waals surface area contributed by atoms with Gasteiger partial charge in [0.25, 0.3) is 11.2 Å². The third-order valence-corrected chi connectivity index (χ3v) is 6.58. The second-order valence-electron chi connectivity index (χ2n) is 8.96. The molecule has 0 radical (unpaired) electrons. The molecular formula is C25H28N8O6. The smallest absolute Gasteiger partial charge is 0.337 e. The molecule has 0 amide bonds. The highest BCUT2D eigenvalue weighted by atomic mass is 16.6. The number of aromatic nitrogens is 5. The normalized spacial score (nSPS) is 13.6. The number of anilines is 1. The van der Waals surface area contributed by atoms with E-state index in [0.29, 0.717) is 17.7 Å². The first kappa shape index (κ1) is 27.2. The Kier molecular flexibility index (Phi) is 8.15. The average molecular weight is 537 g/mol. The van der Waals surface area contributed by atoms with Gasteiger partial charge >= 0.3 is 11.7 Å². The Labute approximate surface area is 222 Å². The monoisotopic (exact) mass is 536 g/mol. The maximum Gasteiger partial charge on any atom is 0.337 e. The van der Waals surface area contributed by atoms with E-state index in [1.165, 1.54) is 42.2 Å². The Morgan fingerprint density at radius 3 is 2.28 bits per heavy atom. The number of pyridine rings is 1. The Balaban J connectivity index is 0.000000333. The van der Waals surface area contributed by atoms with Gasteiger partial charge in [-0.25, -0.2) is 14.6 Å². The highest BCUT2D eigenvalue weighted by Gasteiger charge is 2.19. The lowest BCUT2D eigenvalue weighted by Crippen LogP contribution is -2.47. The first-order valence-corrected chi connectivity index (χ1v) is 12.1. The number of piperazine rings is 1. The molecule has 4 aromatic rings. The van der Waals surface area contributed by atoms with Gasteiger partial charge in [-0.1, -0.05) is 0 Å². The van der Waals surface area contributed by atoms with Crippen molar-refractivity contribution < 1.29 is 14.8 Å². The molecule has 1 N–H and O–H groups in total. The van der Waals surface area contributed by atoms with Crippen LogP contribution in [0.25, 0.3) is 11.2 Å². The van der Waals surface area contributed by atoms with Crippen LogP contribution in [0.4, 0.5) is 11.4 Å². The summed E-state index contributed by atoms with van der Waals surface area (Å²) < 4.78 is 4.29. The molecule has 1 aliphatic rings. The summed E-state index contributed by atoms with van der Waals surface area (Å²) in [7, 11) is 3.08. The predicted molar refractivity (Wildman–Crippen MR) is 143 cm³/mol. The highest BCUT2D eigenvalue weighted by Crippen LogP contribution is 2.20. The van der Waals surface area contributed by atoms with Gasteiger partial charge in [-0.2, -0.15) is 0 Å². The number of nitro groups is 1. The van der Waals surface area contributed by atoms with Crippen molar-refractivity contribution in [3.8, 4) is 0 Å². The van der Waals surface area contributed by atoms with Crippen LogP contribution in [-0.4, -0.2) is 77.3 Å². The molecule has 204 valence electrons. The van der Waals surface area contributed by atoms with Crippen LogP contribution < -0.4 is 16.1 Å². The van der Waals surface area contributed by atoms with Crippen LogP contribution in [0.5, 0.6) is 0 Å².